The molecule has 1 aromatic heterocycles. The van der Waals surface area contributed by atoms with E-state index in [0.29, 0.717) is 23.7 Å². The molecule has 0 spiro atoms. The van der Waals surface area contributed by atoms with Crippen LogP contribution < -0.4 is 20.1 Å². The van der Waals surface area contributed by atoms with E-state index in [-0.39, 0.29) is 12.7 Å². The zero-order valence-electron chi connectivity index (χ0n) is 14.7. The summed E-state index contributed by atoms with van der Waals surface area (Å²) < 4.78 is 10.7. The molecule has 0 atom stereocenters. The number of aromatic nitrogens is 2. The molecule has 2 N–H and O–H groups in total. The van der Waals surface area contributed by atoms with Crippen molar-refractivity contribution in [2.45, 2.75) is 13.5 Å². The average molecular weight is 362 g/mol. The van der Waals surface area contributed by atoms with Crippen LogP contribution in [0.25, 0.3) is 0 Å². The lowest BCUT2D eigenvalue weighted by Crippen LogP contribution is -2.13. The largest absolute Gasteiger partial charge is 0.454 e. The van der Waals surface area contributed by atoms with E-state index in [2.05, 4.69) is 20.8 Å². The molecular formula is C20H18N4O3. The summed E-state index contributed by atoms with van der Waals surface area (Å²) >= 11 is 0. The summed E-state index contributed by atoms with van der Waals surface area (Å²) in [7, 11) is 0. The quantitative estimate of drug-likeness (QED) is 0.724. The van der Waals surface area contributed by atoms with Gasteiger partial charge in [-0.05, 0) is 48.9 Å². The Hall–Kier alpha value is -3.61. The molecule has 1 aliphatic rings. The van der Waals surface area contributed by atoms with Crippen LogP contribution in [-0.4, -0.2) is 22.9 Å². The topological polar surface area (TPSA) is 85.4 Å². The van der Waals surface area contributed by atoms with Crippen molar-refractivity contribution in [3.8, 4) is 11.5 Å². The smallest absolute Gasteiger partial charge is 0.256 e. The number of aryl methyl sites for hydroxylation is 1. The minimum atomic E-state index is -0.214. The number of carbonyl (C=O) groups is 1. The van der Waals surface area contributed by atoms with Crippen molar-refractivity contribution in [3.63, 3.8) is 0 Å². The summed E-state index contributed by atoms with van der Waals surface area (Å²) in [6.45, 7) is 2.77. The van der Waals surface area contributed by atoms with E-state index < -0.39 is 0 Å². The van der Waals surface area contributed by atoms with Gasteiger partial charge in [0.2, 0.25) is 6.79 Å². The molecule has 3 aromatic rings. The molecule has 0 saturated carbocycles. The Morgan fingerprint density at radius 3 is 2.63 bits per heavy atom. The number of nitrogens with one attached hydrogen (secondary N) is 2. The van der Waals surface area contributed by atoms with E-state index in [0.717, 1.165) is 22.6 Å². The Kier molecular flexibility index (Phi) is 4.57. The number of carbonyl (C=O) groups excluding carboxylic acids is 1. The zero-order chi connectivity index (χ0) is 18.6. The molecule has 0 saturated heterocycles. The summed E-state index contributed by atoms with van der Waals surface area (Å²) in [6.07, 6.45) is 0. The molecule has 7 heteroatoms. The van der Waals surface area contributed by atoms with E-state index in [9.17, 15) is 4.79 Å². The van der Waals surface area contributed by atoms with Crippen molar-refractivity contribution in [3.05, 3.63) is 71.3 Å². The summed E-state index contributed by atoms with van der Waals surface area (Å²) in [5.74, 6) is 2.30. The predicted octanol–water partition coefficient (Wildman–Crippen LogP) is 3.38. The van der Waals surface area contributed by atoms with Gasteiger partial charge in [0, 0.05) is 12.1 Å². The molecule has 136 valence electrons. The van der Waals surface area contributed by atoms with Crippen molar-refractivity contribution in [2.75, 3.05) is 17.4 Å². The van der Waals surface area contributed by atoms with Crippen LogP contribution in [0.2, 0.25) is 0 Å². The summed E-state index contributed by atoms with van der Waals surface area (Å²) in [4.78, 5) is 12.2. The first kappa shape index (κ1) is 16.8. The number of benzene rings is 2. The van der Waals surface area contributed by atoms with Gasteiger partial charge >= 0.3 is 0 Å². The summed E-state index contributed by atoms with van der Waals surface area (Å²) in [5.41, 5.74) is 2.65. The highest BCUT2D eigenvalue weighted by Gasteiger charge is 2.13. The van der Waals surface area contributed by atoms with Gasteiger partial charge in [-0.3, -0.25) is 4.79 Å². The van der Waals surface area contributed by atoms with Crippen molar-refractivity contribution < 1.29 is 14.3 Å². The Balaban J connectivity index is 1.35. The fourth-order valence-corrected chi connectivity index (χ4v) is 2.71. The Morgan fingerprint density at radius 1 is 1.00 bits per heavy atom. The second-order valence-electron chi connectivity index (χ2n) is 6.17. The maximum atomic E-state index is 12.2. The zero-order valence-corrected chi connectivity index (χ0v) is 14.7. The number of amides is 1. The number of rotatable bonds is 5. The SMILES string of the molecule is Cc1cccc(C(=O)Nc2ccc(NCc3ccc4c(c3)OCO4)nn2)c1. The first-order valence-electron chi connectivity index (χ1n) is 8.51. The monoisotopic (exact) mass is 362 g/mol. The fraction of sp³-hybridized carbons (Fsp3) is 0.150. The first-order chi connectivity index (χ1) is 13.2. The maximum absolute atomic E-state index is 12.2. The molecule has 1 amide bonds. The van der Waals surface area contributed by atoms with E-state index in [1.807, 2.05) is 43.3 Å². The summed E-state index contributed by atoms with van der Waals surface area (Å²) in [6, 6.07) is 16.6. The standard InChI is InChI=1S/C20H18N4O3/c1-13-3-2-4-15(9-13)20(25)22-19-8-7-18(23-24-19)21-11-14-5-6-16-17(10-14)27-12-26-16/h2-10H,11-12H2,1H3,(H,21,23)(H,22,24,25). The van der Waals surface area contributed by atoms with Crippen LogP contribution in [-0.2, 0) is 6.54 Å². The number of anilines is 2. The molecule has 0 bridgehead atoms. The van der Waals surface area contributed by atoms with E-state index in [1.165, 1.54) is 0 Å². The molecule has 2 aromatic carbocycles. The fourth-order valence-electron chi connectivity index (χ4n) is 2.71. The normalized spacial score (nSPS) is 11.9. The third kappa shape index (κ3) is 3.98. The lowest BCUT2D eigenvalue weighted by atomic mass is 10.1. The molecule has 27 heavy (non-hydrogen) atoms. The molecule has 0 unspecified atom stereocenters. The predicted molar refractivity (Wildman–Crippen MR) is 101 cm³/mol. The number of nitrogens with zero attached hydrogens (tertiary/aromatic N) is 2. The Labute approximate surface area is 156 Å². The van der Waals surface area contributed by atoms with Crippen LogP contribution in [0.15, 0.2) is 54.6 Å². The van der Waals surface area contributed by atoms with Crippen molar-refractivity contribution in [1.82, 2.24) is 10.2 Å². The van der Waals surface area contributed by atoms with Crippen molar-refractivity contribution >= 4 is 17.5 Å². The molecule has 7 nitrogen and oxygen atoms in total. The average Bonchev–Trinajstić information content (AvgIpc) is 3.15. The third-order valence-corrected chi connectivity index (χ3v) is 4.10. The molecule has 0 radical (unpaired) electrons. The highest BCUT2D eigenvalue weighted by atomic mass is 16.7. The van der Waals surface area contributed by atoms with Crippen molar-refractivity contribution in [1.29, 1.82) is 0 Å². The first-order valence-corrected chi connectivity index (χ1v) is 8.51. The third-order valence-electron chi connectivity index (χ3n) is 4.10. The van der Waals surface area contributed by atoms with Gasteiger partial charge in [-0.2, -0.15) is 0 Å². The molecular weight excluding hydrogens is 344 g/mol. The van der Waals surface area contributed by atoms with Gasteiger partial charge in [-0.15, -0.1) is 10.2 Å². The molecule has 4 rings (SSSR count). The van der Waals surface area contributed by atoms with Gasteiger partial charge in [0.05, 0.1) is 0 Å². The van der Waals surface area contributed by atoms with Crippen LogP contribution in [0.3, 0.4) is 0 Å². The molecule has 2 heterocycles. The van der Waals surface area contributed by atoms with Crippen LogP contribution in [0.1, 0.15) is 21.5 Å². The van der Waals surface area contributed by atoms with Gasteiger partial charge in [0.15, 0.2) is 17.3 Å². The summed E-state index contributed by atoms with van der Waals surface area (Å²) in [5, 5.41) is 14.1. The van der Waals surface area contributed by atoms with Gasteiger partial charge in [-0.1, -0.05) is 23.8 Å². The van der Waals surface area contributed by atoms with Crippen LogP contribution in [0.4, 0.5) is 11.6 Å². The van der Waals surface area contributed by atoms with Crippen LogP contribution >= 0.6 is 0 Å². The molecule has 0 fully saturated rings. The molecule has 1 aliphatic heterocycles. The number of fused-ring (bicyclic) bond motifs is 1. The highest BCUT2D eigenvalue weighted by Crippen LogP contribution is 2.32. The Morgan fingerprint density at radius 2 is 1.81 bits per heavy atom. The maximum Gasteiger partial charge on any atom is 0.256 e. The van der Waals surface area contributed by atoms with Gasteiger partial charge in [0.1, 0.15) is 5.82 Å². The number of hydrogen-bond donors (Lipinski definition) is 2. The van der Waals surface area contributed by atoms with Gasteiger partial charge in [-0.25, -0.2) is 0 Å². The minimum Gasteiger partial charge on any atom is -0.454 e. The van der Waals surface area contributed by atoms with Gasteiger partial charge < -0.3 is 20.1 Å². The van der Waals surface area contributed by atoms with Gasteiger partial charge in [0.25, 0.3) is 5.91 Å². The second-order valence-corrected chi connectivity index (χ2v) is 6.17. The highest BCUT2D eigenvalue weighted by molar-refractivity contribution is 6.03. The van der Waals surface area contributed by atoms with Crippen LogP contribution in [0.5, 0.6) is 11.5 Å². The number of ether oxygens (including phenoxy) is 2. The van der Waals surface area contributed by atoms with E-state index in [4.69, 9.17) is 9.47 Å². The van der Waals surface area contributed by atoms with E-state index in [1.54, 1.807) is 18.2 Å². The van der Waals surface area contributed by atoms with E-state index >= 15 is 0 Å². The Bertz CT molecular complexity index is 973. The van der Waals surface area contributed by atoms with Crippen LogP contribution in [0, 0.1) is 6.92 Å². The van der Waals surface area contributed by atoms with Crippen molar-refractivity contribution in [2.24, 2.45) is 0 Å². The number of hydrogen-bond acceptors (Lipinski definition) is 6. The second kappa shape index (κ2) is 7.33. The molecule has 0 aliphatic carbocycles. The lowest BCUT2D eigenvalue weighted by molar-refractivity contribution is 0.102. The minimum absolute atomic E-state index is 0.214. The lowest BCUT2D eigenvalue weighted by Gasteiger charge is -2.08.